The number of methoxy groups -OCH3 is 1. The summed E-state index contributed by atoms with van der Waals surface area (Å²) >= 11 is 1.44. The molecule has 0 fully saturated rings. The van der Waals surface area contributed by atoms with E-state index in [1.165, 1.54) is 11.3 Å². The molecule has 1 N–H and O–H groups in total. The summed E-state index contributed by atoms with van der Waals surface area (Å²) in [6.07, 6.45) is 0. The van der Waals surface area contributed by atoms with Crippen LogP contribution < -0.4 is 14.8 Å². The van der Waals surface area contributed by atoms with Gasteiger partial charge in [-0.25, -0.2) is 0 Å². The van der Waals surface area contributed by atoms with E-state index in [9.17, 15) is 0 Å². The van der Waals surface area contributed by atoms with Crippen molar-refractivity contribution < 1.29 is 9.47 Å². The minimum Gasteiger partial charge on any atom is -0.497 e. The molecule has 0 bridgehead atoms. The maximum Gasteiger partial charge on any atom is 0.299 e. The van der Waals surface area contributed by atoms with Crippen LogP contribution in [-0.4, -0.2) is 23.3 Å². The fourth-order valence-corrected chi connectivity index (χ4v) is 2.07. The van der Waals surface area contributed by atoms with Crippen LogP contribution in [0.3, 0.4) is 0 Å². The zero-order chi connectivity index (χ0) is 13.7. The van der Waals surface area contributed by atoms with Crippen LogP contribution in [0.15, 0.2) is 24.3 Å². The predicted molar refractivity (Wildman–Crippen MR) is 75.0 cm³/mol. The van der Waals surface area contributed by atoms with Crippen LogP contribution in [0.25, 0.3) is 0 Å². The molecule has 0 saturated carbocycles. The minimum absolute atomic E-state index is 0.423. The molecule has 0 spiro atoms. The van der Waals surface area contributed by atoms with Gasteiger partial charge in [-0.2, -0.15) is 0 Å². The van der Waals surface area contributed by atoms with Gasteiger partial charge < -0.3 is 14.8 Å². The number of benzene rings is 1. The molecule has 0 saturated heterocycles. The van der Waals surface area contributed by atoms with E-state index in [2.05, 4.69) is 29.4 Å². The average molecular weight is 279 g/mol. The maximum absolute atomic E-state index is 5.65. The molecule has 1 heterocycles. The van der Waals surface area contributed by atoms with Crippen LogP contribution in [0.4, 0.5) is 0 Å². The van der Waals surface area contributed by atoms with Crippen molar-refractivity contribution in [2.24, 2.45) is 0 Å². The van der Waals surface area contributed by atoms with Gasteiger partial charge in [0.1, 0.15) is 16.5 Å². The summed E-state index contributed by atoms with van der Waals surface area (Å²) in [5.74, 6) is 1.45. The summed E-state index contributed by atoms with van der Waals surface area (Å²) in [6, 6.07) is 7.83. The standard InChI is InChI=1S/C13H17N3O2S/c1-9(2)14-8-12-15-16-13(19-12)18-11-6-4-5-10(7-11)17-3/h4-7,9,14H,8H2,1-3H3. The van der Waals surface area contributed by atoms with Gasteiger partial charge in [-0.15, -0.1) is 5.10 Å². The second kappa shape index (κ2) is 6.49. The van der Waals surface area contributed by atoms with Gasteiger partial charge >= 0.3 is 0 Å². The van der Waals surface area contributed by atoms with Crippen molar-refractivity contribution >= 4 is 11.3 Å². The molecule has 0 aliphatic rings. The molecule has 6 heteroatoms. The number of nitrogens with zero attached hydrogens (tertiary/aromatic N) is 2. The van der Waals surface area contributed by atoms with Gasteiger partial charge in [0.25, 0.3) is 5.19 Å². The molecular weight excluding hydrogens is 262 g/mol. The van der Waals surface area contributed by atoms with Gasteiger partial charge in [0, 0.05) is 12.1 Å². The normalized spacial score (nSPS) is 10.7. The topological polar surface area (TPSA) is 56.3 Å². The Bertz CT molecular complexity index is 528. The Hall–Kier alpha value is -1.66. The number of hydrogen-bond acceptors (Lipinski definition) is 6. The maximum atomic E-state index is 5.65. The third-order valence-electron chi connectivity index (χ3n) is 2.36. The van der Waals surface area contributed by atoms with Gasteiger partial charge in [-0.1, -0.05) is 36.3 Å². The molecule has 0 amide bonds. The van der Waals surface area contributed by atoms with Crippen molar-refractivity contribution in [3.63, 3.8) is 0 Å². The first-order valence-electron chi connectivity index (χ1n) is 6.05. The fourth-order valence-electron chi connectivity index (χ4n) is 1.41. The highest BCUT2D eigenvalue weighted by molar-refractivity contribution is 7.13. The number of aromatic nitrogens is 2. The van der Waals surface area contributed by atoms with E-state index in [0.29, 0.717) is 23.5 Å². The molecule has 5 nitrogen and oxygen atoms in total. The Morgan fingerprint density at radius 1 is 1.26 bits per heavy atom. The third kappa shape index (κ3) is 4.18. The first-order chi connectivity index (χ1) is 9.17. The highest BCUT2D eigenvalue weighted by atomic mass is 32.1. The first-order valence-corrected chi connectivity index (χ1v) is 6.86. The molecule has 1 aromatic heterocycles. The van der Waals surface area contributed by atoms with Crippen molar-refractivity contribution in [1.29, 1.82) is 0 Å². The van der Waals surface area contributed by atoms with E-state index in [4.69, 9.17) is 9.47 Å². The summed E-state index contributed by atoms with van der Waals surface area (Å²) in [5.41, 5.74) is 0. The molecule has 2 aromatic rings. The molecule has 0 aliphatic heterocycles. The molecule has 102 valence electrons. The molecule has 1 aromatic carbocycles. The summed E-state index contributed by atoms with van der Waals surface area (Å²) in [4.78, 5) is 0. The number of nitrogens with one attached hydrogen (secondary N) is 1. The summed E-state index contributed by atoms with van der Waals surface area (Å²) in [7, 11) is 1.62. The Morgan fingerprint density at radius 2 is 2.05 bits per heavy atom. The molecule has 2 rings (SSSR count). The first kappa shape index (κ1) is 13.8. The lowest BCUT2D eigenvalue weighted by atomic mass is 10.3. The Kier molecular flexibility index (Phi) is 4.70. The van der Waals surface area contributed by atoms with Crippen LogP contribution in [0.2, 0.25) is 0 Å². The summed E-state index contributed by atoms with van der Waals surface area (Å²) in [6.45, 7) is 4.89. The van der Waals surface area contributed by atoms with E-state index in [1.807, 2.05) is 24.3 Å². The Morgan fingerprint density at radius 3 is 2.79 bits per heavy atom. The van der Waals surface area contributed by atoms with Crippen molar-refractivity contribution in [3.05, 3.63) is 29.3 Å². The Balaban J connectivity index is 1.99. The SMILES string of the molecule is COc1cccc(Oc2nnc(CNC(C)C)s2)c1. The van der Waals surface area contributed by atoms with Gasteiger partial charge in [-0.05, 0) is 12.1 Å². The molecule has 19 heavy (non-hydrogen) atoms. The van der Waals surface area contributed by atoms with Gasteiger partial charge in [0.15, 0.2) is 0 Å². The minimum atomic E-state index is 0.423. The van der Waals surface area contributed by atoms with Crippen molar-refractivity contribution in [2.45, 2.75) is 26.4 Å². The third-order valence-corrected chi connectivity index (χ3v) is 3.16. The molecule has 0 radical (unpaired) electrons. The summed E-state index contributed by atoms with van der Waals surface area (Å²) < 4.78 is 10.8. The highest BCUT2D eigenvalue weighted by Crippen LogP contribution is 2.27. The van der Waals surface area contributed by atoms with E-state index in [-0.39, 0.29) is 0 Å². The van der Waals surface area contributed by atoms with Crippen LogP contribution >= 0.6 is 11.3 Å². The Labute approximate surface area is 116 Å². The number of rotatable bonds is 6. The van der Waals surface area contributed by atoms with Gasteiger partial charge in [0.05, 0.1) is 13.7 Å². The van der Waals surface area contributed by atoms with E-state index in [1.54, 1.807) is 7.11 Å². The van der Waals surface area contributed by atoms with Crippen LogP contribution in [-0.2, 0) is 6.54 Å². The van der Waals surface area contributed by atoms with Gasteiger partial charge in [0.2, 0.25) is 0 Å². The number of ether oxygens (including phenoxy) is 2. The zero-order valence-corrected chi connectivity index (χ0v) is 12.0. The second-order valence-corrected chi connectivity index (χ2v) is 5.30. The smallest absolute Gasteiger partial charge is 0.299 e. The van der Waals surface area contributed by atoms with E-state index in [0.717, 1.165) is 10.8 Å². The monoisotopic (exact) mass is 279 g/mol. The molecule has 0 aliphatic carbocycles. The highest BCUT2D eigenvalue weighted by Gasteiger charge is 2.07. The summed E-state index contributed by atoms with van der Waals surface area (Å²) in [5, 5.41) is 12.8. The lowest BCUT2D eigenvalue weighted by molar-refractivity contribution is 0.408. The molecular formula is C13H17N3O2S. The van der Waals surface area contributed by atoms with Gasteiger partial charge in [-0.3, -0.25) is 0 Å². The predicted octanol–water partition coefficient (Wildman–Crippen LogP) is 2.84. The van der Waals surface area contributed by atoms with Crippen LogP contribution in [0, 0.1) is 0 Å². The van der Waals surface area contributed by atoms with Crippen molar-refractivity contribution in [2.75, 3.05) is 7.11 Å². The van der Waals surface area contributed by atoms with Crippen LogP contribution in [0.5, 0.6) is 16.7 Å². The van der Waals surface area contributed by atoms with Crippen molar-refractivity contribution in [1.82, 2.24) is 15.5 Å². The average Bonchev–Trinajstić information content (AvgIpc) is 2.84. The van der Waals surface area contributed by atoms with Crippen LogP contribution in [0.1, 0.15) is 18.9 Å². The molecule has 0 unspecified atom stereocenters. The molecule has 0 atom stereocenters. The van der Waals surface area contributed by atoms with E-state index >= 15 is 0 Å². The van der Waals surface area contributed by atoms with E-state index < -0.39 is 0 Å². The lowest BCUT2D eigenvalue weighted by Crippen LogP contribution is -2.21. The second-order valence-electron chi connectivity index (χ2n) is 4.28. The quantitative estimate of drug-likeness (QED) is 0.881. The lowest BCUT2D eigenvalue weighted by Gasteiger charge is -2.04. The zero-order valence-electron chi connectivity index (χ0n) is 11.2. The number of hydrogen-bond donors (Lipinski definition) is 1. The largest absolute Gasteiger partial charge is 0.497 e. The fraction of sp³-hybridized carbons (Fsp3) is 0.385. The van der Waals surface area contributed by atoms with Crippen molar-refractivity contribution in [3.8, 4) is 16.7 Å².